The van der Waals surface area contributed by atoms with Crippen molar-refractivity contribution in [1.29, 1.82) is 0 Å². The minimum atomic E-state index is -0.181. The van der Waals surface area contributed by atoms with Crippen molar-refractivity contribution < 1.29 is 158 Å². The number of hydrogen-bond donors (Lipinski definition) is 1. The first-order valence-corrected chi connectivity index (χ1v) is 16.7. The molecule has 4 aromatic rings. The summed E-state index contributed by atoms with van der Waals surface area (Å²) in [5.74, 6) is 2.36. The smallest absolute Gasteiger partial charge is 1.00 e. The van der Waals surface area contributed by atoms with Crippen LogP contribution in [0.1, 0.15) is 73.3 Å². The number of carbonyl (C=O) groups excluding carboxylic acids is 5. The second kappa shape index (κ2) is 35.4. The van der Waals surface area contributed by atoms with E-state index in [1.165, 1.54) is 12.1 Å². The average molecular weight is 805 g/mol. The zero-order valence-corrected chi connectivity index (χ0v) is 38.3. The molecule has 0 heterocycles. The molecule has 0 aromatic heterocycles. The molecule has 4 rings (SSSR count). The Morgan fingerprint density at radius 3 is 1.18 bits per heavy atom. The van der Waals surface area contributed by atoms with Crippen LogP contribution in [0, 0.1) is 0 Å². The molecule has 0 atom stereocenters. The molecule has 0 radical (unpaired) electrons. The molecular weight excluding hydrogens is 759 g/mol. The molecule has 0 bridgehead atoms. The quantitative estimate of drug-likeness (QED) is 0.0407. The number of rotatable bonds is 17. The Morgan fingerprint density at radius 1 is 0.564 bits per heavy atom. The van der Waals surface area contributed by atoms with Crippen LogP contribution in [0.2, 0.25) is 0 Å². The summed E-state index contributed by atoms with van der Waals surface area (Å²) in [5.41, 5.74) is 3.36. The van der Waals surface area contributed by atoms with Gasteiger partial charge in [0.15, 0.2) is 12.6 Å². The SMILES string of the molecule is CCCOc1cccc(/C=C(C=O)/C(C=O)=C/c2cccc(OCCC)c2)c1.CCCOc1cccc(C=O)c1.O=CO[O-].O=Cc1cccc(O)c1.[H-].[K+].[K+]. The number of aromatic hydroxyl groups is 1. The molecule has 1 N–H and O–H groups in total. The van der Waals surface area contributed by atoms with Crippen molar-refractivity contribution in [2.45, 2.75) is 40.0 Å². The van der Waals surface area contributed by atoms with Gasteiger partial charge < -0.3 is 30.9 Å². The molecule has 0 saturated heterocycles. The van der Waals surface area contributed by atoms with E-state index in [1.807, 2.05) is 81.4 Å². The second-order valence-corrected chi connectivity index (χ2v) is 10.7. The molecule has 55 heavy (non-hydrogen) atoms. The number of phenolic OH excluding ortho intramolecular Hbond substituents is 1. The molecule has 11 nitrogen and oxygen atoms in total. The van der Waals surface area contributed by atoms with E-state index in [-0.39, 0.29) is 116 Å². The van der Waals surface area contributed by atoms with Gasteiger partial charge in [0.2, 0.25) is 0 Å². The maximum Gasteiger partial charge on any atom is 1.00 e. The molecule has 0 unspecified atom stereocenters. The van der Waals surface area contributed by atoms with Crippen LogP contribution in [0.4, 0.5) is 0 Å². The number of allylic oxidation sites excluding steroid dienone is 2. The maximum absolute atomic E-state index is 11.6. The summed E-state index contributed by atoms with van der Waals surface area (Å²) in [6.45, 7) is 7.90. The van der Waals surface area contributed by atoms with Gasteiger partial charge in [-0.1, -0.05) is 69.3 Å². The van der Waals surface area contributed by atoms with E-state index in [0.717, 1.165) is 53.9 Å². The topological polar surface area (TPSA) is 166 Å². The van der Waals surface area contributed by atoms with Crippen molar-refractivity contribution in [2.24, 2.45) is 0 Å². The summed E-state index contributed by atoms with van der Waals surface area (Å²) in [7, 11) is 0. The van der Waals surface area contributed by atoms with E-state index in [1.54, 1.807) is 36.4 Å². The van der Waals surface area contributed by atoms with Crippen molar-refractivity contribution in [1.82, 2.24) is 0 Å². The first-order chi connectivity index (χ1) is 25.8. The Kier molecular flexibility index (Phi) is 34.7. The first kappa shape index (κ1) is 54.0. The predicted molar refractivity (Wildman–Crippen MR) is 202 cm³/mol. The van der Waals surface area contributed by atoms with Crippen molar-refractivity contribution in [2.75, 3.05) is 19.8 Å². The number of aldehydes is 4. The Bertz CT molecular complexity index is 1690. The van der Waals surface area contributed by atoms with E-state index in [9.17, 15) is 19.2 Å². The number of phenols is 1. The minimum Gasteiger partial charge on any atom is -1.00 e. The van der Waals surface area contributed by atoms with Gasteiger partial charge in [-0.15, -0.1) is 0 Å². The van der Waals surface area contributed by atoms with Crippen molar-refractivity contribution in [3.8, 4) is 23.0 Å². The number of benzene rings is 4. The normalized spacial score (nSPS) is 9.89. The predicted octanol–water partition coefficient (Wildman–Crippen LogP) is 1.18. The fourth-order valence-corrected chi connectivity index (χ4v) is 4.05. The van der Waals surface area contributed by atoms with Crippen molar-refractivity contribution in [3.63, 3.8) is 0 Å². The van der Waals surface area contributed by atoms with E-state index >= 15 is 0 Å². The Balaban J connectivity index is -0.000000826. The van der Waals surface area contributed by atoms with E-state index < -0.39 is 0 Å². The molecule has 0 fully saturated rings. The Morgan fingerprint density at radius 2 is 0.891 bits per heavy atom. The standard InChI is InChI=1S/C24H26O4.C10H12O2.C7H6O2.CH2O3.2K.H/c1-3-11-27-23-9-5-7-19(15-23)13-21(17-25)22(18-26)14-20-8-6-10-24(16-20)28-12-4-2;1-2-6-12-10-5-3-4-9(7-10)8-11;8-5-6-2-1-3-7(9)4-6;2-1-4-3;;;/h5-10,13-18H,3-4,11-12H2,1-2H3;3-5,7-8H,2,6H2,1H3;1-5,9H;1,3H;;;/q;;;;2*+1;-1/p-1/b21-13+,22-14+;;;;;;. The zero-order valence-electron chi connectivity index (χ0n) is 33.1. The maximum atomic E-state index is 11.6. The van der Waals surface area contributed by atoms with E-state index in [4.69, 9.17) is 29.4 Å². The average Bonchev–Trinajstić information content (AvgIpc) is 3.20. The molecule has 0 amide bonds. The molecular formula is C42H46K2O11. The minimum absolute atomic E-state index is 0. The van der Waals surface area contributed by atoms with Gasteiger partial charge in [-0.25, -0.2) is 0 Å². The van der Waals surface area contributed by atoms with Crippen molar-refractivity contribution >= 4 is 43.8 Å². The molecule has 0 aliphatic rings. The molecule has 0 saturated carbocycles. The first-order valence-electron chi connectivity index (χ1n) is 16.7. The Hall–Kier alpha value is -3.06. The molecule has 0 aliphatic carbocycles. The summed E-state index contributed by atoms with van der Waals surface area (Å²) in [6.07, 6.45) is 9.07. The van der Waals surface area contributed by atoms with Gasteiger partial charge in [-0.3, -0.25) is 24.0 Å². The third-order valence-electron chi connectivity index (χ3n) is 6.41. The number of carbonyl (C=O) groups is 5. The molecule has 0 aliphatic heterocycles. The van der Waals surface area contributed by atoms with Crippen LogP contribution in [0.3, 0.4) is 0 Å². The fraction of sp³-hybridized carbons (Fsp3) is 0.214. The Labute approximate surface area is 409 Å². The van der Waals surface area contributed by atoms with Gasteiger partial charge in [0.1, 0.15) is 35.6 Å². The summed E-state index contributed by atoms with van der Waals surface area (Å²) < 4.78 is 16.6. The summed E-state index contributed by atoms with van der Waals surface area (Å²) in [4.78, 5) is 55.0. The second-order valence-electron chi connectivity index (χ2n) is 10.7. The van der Waals surface area contributed by atoms with Crippen LogP contribution >= 0.6 is 0 Å². The van der Waals surface area contributed by atoms with Crippen molar-refractivity contribution in [3.05, 3.63) is 130 Å². The van der Waals surface area contributed by atoms with Gasteiger partial charge in [-0.05, 0) is 91.1 Å². The van der Waals surface area contributed by atoms with Gasteiger partial charge in [0.25, 0.3) is 6.47 Å². The molecule has 13 heteroatoms. The van der Waals surface area contributed by atoms with Crippen LogP contribution < -0.4 is 122 Å². The van der Waals surface area contributed by atoms with Crippen LogP contribution in [0.15, 0.2) is 108 Å². The third-order valence-corrected chi connectivity index (χ3v) is 6.41. The summed E-state index contributed by atoms with van der Waals surface area (Å²) in [5, 5.41) is 17.2. The summed E-state index contributed by atoms with van der Waals surface area (Å²) >= 11 is 0. The zero-order chi connectivity index (χ0) is 39.1. The van der Waals surface area contributed by atoms with E-state index in [0.29, 0.717) is 61.0 Å². The molecule has 4 aromatic carbocycles. The monoisotopic (exact) mass is 804 g/mol. The third kappa shape index (κ3) is 24.9. The summed E-state index contributed by atoms with van der Waals surface area (Å²) in [6, 6.07) is 28.2. The van der Waals surface area contributed by atoms with Crippen LogP contribution in [-0.2, 0) is 19.3 Å². The number of hydrogen-bond acceptors (Lipinski definition) is 11. The van der Waals surface area contributed by atoms with E-state index in [2.05, 4.69) is 4.89 Å². The van der Waals surface area contributed by atoms with Gasteiger partial charge in [-0.2, -0.15) is 0 Å². The van der Waals surface area contributed by atoms with Gasteiger partial charge >= 0.3 is 103 Å². The van der Waals surface area contributed by atoms with Gasteiger partial charge in [0, 0.05) is 22.3 Å². The van der Waals surface area contributed by atoms with Crippen LogP contribution in [0.25, 0.3) is 12.2 Å². The fourth-order valence-electron chi connectivity index (χ4n) is 4.05. The molecule has 0 spiro atoms. The molecule has 282 valence electrons. The van der Waals surface area contributed by atoms with Crippen LogP contribution in [0.5, 0.6) is 23.0 Å². The van der Waals surface area contributed by atoms with Gasteiger partial charge in [0.05, 0.1) is 19.8 Å². The van der Waals surface area contributed by atoms with Crippen LogP contribution in [-0.4, -0.2) is 56.5 Å². The number of ether oxygens (including phenoxy) is 3. The largest absolute Gasteiger partial charge is 1.00 e.